The van der Waals surface area contributed by atoms with E-state index in [0.29, 0.717) is 24.3 Å². The summed E-state index contributed by atoms with van der Waals surface area (Å²) in [7, 11) is 0. The highest BCUT2D eigenvalue weighted by atomic mass is 32.1. The molecule has 0 spiro atoms. The van der Waals surface area contributed by atoms with E-state index in [1.165, 1.54) is 6.07 Å². The van der Waals surface area contributed by atoms with Crippen LogP contribution < -0.4 is 5.56 Å². The van der Waals surface area contributed by atoms with Gasteiger partial charge in [-0.25, -0.2) is 4.98 Å². The predicted molar refractivity (Wildman–Crippen MR) is 100 cm³/mol. The summed E-state index contributed by atoms with van der Waals surface area (Å²) in [6.07, 6.45) is 4.83. The summed E-state index contributed by atoms with van der Waals surface area (Å²) >= 11 is 1.58. The molecule has 1 aliphatic rings. The Morgan fingerprint density at radius 2 is 1.96 bits per heavy atom. The van der Waals surface area contributed by atoms with Gasteiger partial charge in [-0.3, -0.25) is 14.6 Å². The number of piperidine rings is 1. The molecule has 3 aromatic heterocycles. The topological polar surface area (TPSA) is 79.0 Å². The highest BCUT2D eigenvalue weighted by molar-refractivity contribution is 7.08. The highest BCUT2D eigenvalue weighted by Gasteiger charge is 2.26. The van der Waals surface area contributed by atoms with Crippen LogP contribution in [-0.4, -0.2) is 38.8 Å². The van der Waals surface area contributed by atoms with E-state index in [2.05, 4.69) is 15.0 Å². The van der Waals surface area contributed by atoms with E-state index in [9.17, 15) is 9.59 Å². The van der Waals surface area contributed by atoms with Crippen LogP contribution in [0.5, 0.6) is 0 Å². The number of amides is 1. The number of rotatable bonds is 3. The Morgan fingerprint density at radius 3 is 2.65 bits per heavy atom. The normalized spacial score (nSPS) is 15.2. The van der Waals surface area contributed by atoms with Crippen molar-refractivity contribution in [2.45, 2.75) is 18.8 Å². The van der Waals surface area contributed by atoms with Crippen molar-refractivity contribution in [1.82, 2.24) is 19.9 Å². The molecule has 1 amide bonds. The van der Waals surface area contributed by atoms with Gasteiger partial charge in [-0.05, 0) is 36.4 Å². The Morgan fingerprint density at radius 1 is 1.19 bits per heavy atom. The van der Waals surface area contributed by atoms with Crippen LogP contribution in [0.25, 0.3) is 11.3 Å². The fourth-order valence-electron chi connectivity index (χ4n) is 3.26. The standard InChI is InChI=1S/C19H18N4O2S/c24-17-11-16(15-5-10-26-12-15)21-18(22-17)13-3-8-23(9-4-13)19(25)14-1-6-20-7-2-14/h1-2,5-7,10-13H,3-4,8-9H2,(H,21,22,24). The third kappa shape index (κ3) is 3.43. The second-order valence-electron chi connectivity index (χ2n) is 6.33. The van der Waals surface area contributed by atoms with Gasteiger partial charge in [-0.2, -0.15) is 11.3 Å². The molecule has 0 bridgehead atoms. The summed E-state index contributed by atoms with van der Waals surface area (Å²) in [5, 5.41) is 3.96. The van der Waals surface area contributed by atoms with E-state index >= 15 is 0 Å². The number of nitrogens with zero attached hydrogens (tertiary/aromatic N) is 3. The summed E-state index contributed by atoms with van der Waals surface area (Å²) in [4.78, 5) is 37.9. The molecule has 7 heteroatoms. The summed E-state index contributed by atoms with van der Waals surface area (Å²) in [5.41, 5.74) is 2.20. The molecule has 4 heterocycles. The Bertz CT molecular complexity index is 945. The lowest BCUT2D eigenvalue weighted by Gasteiger charge is -2.31. The molecular weight excluding hydrogens is 348 g/mol. The number of nitrogens with one attached hydrogen (secondary N) is 1. The first-order chi connectivity index (χ1) is 12.7. The van der Waals surface area contributed by atoms with Gasteiger partial charge in [0.15, 0.2) is 0 Å². The number of aromatic amines is 1. The first kappa shape index (κ1) is 16.7. The molecule has 4 rings (SSSR count). The number of aromatic nitrogens is 3. The molecule has 0 atom stereocenters. The Kier molecular flexibility index (Phi) is 4.62. The molecule has 1 aliphatic heterocycles. The summed E-state index contributed by atoms with van der Waals surface area (Å²) in [6.45, 7) is 1.30. The molecule has 1 fully saturated rings. The Balaban J connectivity index is 1.48. The van der Waals surface area contributed by atoms with Crippen LogP contribution in [0.15, 0.2) is 52.2 Å². The van der Waals surface area contributed by atoms with E-state index in [1.54, 1.807) is 35.9 Å². The molecule has 1 N–H and O–H groups in total. The van der Waals surface area contributed by atoms with Crippen LogP contribution in [0.4, 0.5) is 0 Å². The van der Waals surface area contributed by atoms with Crippen molar-refractivity contribution in [3.05, 3.63) is 69.2 Å². The largest absolute Gasteiger partial charge is 0.339 e. The highest BCUT2D eigenvalue weighted by Crippen LogP contribution is 2.27. The van der Waals surface area contributed by atoms with Crippen molar-refractivity contribution in [2.75, 3.05) is 13.1 Å². The van der Waals surface area contributed by atoms with E-state index in [4.69, 9.17) is 0 Å². The Hall–Kier alpha value is -2.80. The molecular formula is C19H18N4O2S. The minimum atomic E-state index is -0.133. The quantitative estimate of drug-likeness (QED) is 0.773. The molecule has 0 aliphatic carbocycles. The lowest BCUT2D eigenvalue weighted by Crippen LogP contribution is -2.38. The van der Waals surface area contributed by atoms with Crippen molar-refractivity contribution in [2.24, 2.45) is 0 Å². The van der Waals surface area contributed by atoms with Gasteiger partial charge in [-0.1, -0.05) is 0 Å². The van der Waals surface area contributed by atoms with Gasteiger partial charge in [0.25, 0.3) is 11.5 Å². The molecule has 0 unspecified atom stereocenters. The number of hydrogen-bond acceptors (Lipinski definition) is 5. The smallest absolute Gasteiger partial charge is 0.253 e. The van der Waals surface area contributed by atoms with Gasteiger partial charge < -0.3 is 9.88 Å². The van der Waals surface area contributed by atoms with Gasteiger partial charge in [0.2, 0.25) is 0 Å². The molecule has 0 aromatic carbocycles. The van der Waals surface area contributed by atoms with Crippen molar-refractivity contribution in [3.8, 4) is 11.3 Å². The maximum Gasteiger partial charge on any atom is 0.253 e. The minimum Gasteiger partial charge on any atom is -0.339 e. The maximum absolute atomic E-state index is 12.5. The lowest BCUT2D eigenvalue weighted by molar-refractivity contribution is 0.0711. The average Bonchev–Trinajstić information content (AvgIpc) is 3.23. The van der Waals surface area contributed by atoms with Gasteiger partial charge in [-0.15, -0.1) is 0 Å². The van der Waals surface area contributed by atoms with Gasteiger partial charge >= 0.3 is 0 Å². The van der Waals surface area contributed by atoms with Crippen LogP contribution in [-0.2, 0) is 0 Å². The predicted octanol–water partition coefficient (Wildman–Crippen LogP) is 2.91. The van der Waals surface area contributed by atoms with Gasteiger partial charge in [0.1, 0.15) is 5.82 Å². The summed E-state index contributed by atoms with van der Waals surface area (Å²) in [5.74, 6) is 0.900. The zero-order valence-electron chi connectivity index (χ0n) is 14.1. The number of carbonyl (C=O) groups excluding carboxylic acids is 1. The minimum absolute atomic E-state index is 0.0272. The van der Waals surface area contributed by atoms with Crippen LogP contribution in [0.3, 0.4) is 0 Å². The SMILES string of the molecule is O=C(c1ccncc1)N1CCC(c2nc(-c3ccsc3)cc(=O)[nH]2)CC1. The number of H-pyrrole nitrogens is 1. The zero-order valence-corrected chi connectivity index (χ0v) is 14.9. The third-order valence-electron chi connectivity index (χ3n) is 4.67. The molecule has 0 radical (unpaired) electrons. The molecule has 132 valence electrons. The molecule has 26 heavy (non-hydrogen) atoms. The van der Waals surface area contributed by atoms with E-state index in [1.807, 2.05) is 21.7 Å². The molecule has 0 saturated carbocycles. The fraction of sp³-hybridized carbons (Fsp3) is 0.263. The van der Waals surface area contributed by atoms with Crippen LogP contribution >= 0.6 is 11.3 Å². The van der Waals surface area contributed by atoms with Crippen molar-refractivity contribution < 1.29 is 4.79 Å². The average molecular weight is 366 g/mol. The number of carbonyl (C=O) groups is 1. The fourth-order valence-corrected chi connectivity index (χ4v) is 3.91. The molecule has 1 saturated heterocycles. The maximum atomic E-state index is 12.5. The first-order valence-corrected chi connectivity index (χ1v) is 9.48. The summed E-state index contributed by atoms with van der Waals surface area (Å²) < 4.78 is 0. The van der Waals surface area contributed by atoms with E-state index in [0.717, 1.165) is 24.2 Å². The number of pyridine rings is 1. The second-order valence-corrected chi connectivity index (χ2v) is 7.11. The number of thiophene rings is 1. The molecule has 3 aromatic rings. The first-order valence-electron chi connectivity index (χ1n) is 8.54. The third-order valence-corrected chi connectivity index (χ3v) is 5.36. The monoisotopic (exact) mass is 366 g/mol. The Labute approximate surface area is 154 Å². The number of likely N-dealkylation sites (tertiary alicyclic amines) is 1. The van der Waals surface area contributed by atoms with Crippen LogP contribution in [0.1, 0.15) is 34.9 Å². The second kappa shape index (κ2) is 7.21. The lowest BCUT2D eigenvalue weighted by atomic mass is 9.95. The zero-order chi connectivity index (χ0) is 17.9. The van der Waals surface area contributed by atoms with Crippen molar-refractivity contribution >= 4 is 17.2 Å². The van der Waals surface area contributed by atoms with E-state index in [-0.39, 0.29) is 17.4 Å². The van der Waals surface area contributed by atoms with Gasteiger partial charge in [0, 0.05) is 54.0 Å². The van der Waals surface area contributed by atoms with Crippen LogP contribution in [0.2, 0.25) is 0 Å². The van der Waals surface area contributed by atoms with Gasteiger partial charge in [0.05, 0.1) is 5.69 Å². The van der Waals surface area contributed by atoms with E-state index < -0.39 is 0 Å². The molecule has 6 nitrogen and oxygen atoms in total. The van der Waals surface area contributed by atoms with Crippen LogP contribution in [0, 0.1) is 0 Å². The summed E-state index contributed by atoms with van der Waals surface area (Å²) in [6, 6.07) is 6.97. The van der Waals surface area contributed by atoms with Crippen molar-refractivity contribution in [3.63, 3.8) is 0 Å². The number of hydrogen-bond donors (Lipinski definition) is 1. The van der Waals surface area contributed by atoms with Crippen molar-refractivity contribution in [1.29, 1.82) is 0 Å².